The molecule has 0 N–H and O–H groups in total. The van der Waals surface area contributed by atoms with Crippen molar-refractivity contribution >= 4 is 22.0 Å². The van der Waals surface area contributed by atoms with Gasteiger partial charge in [0.1, 0.15) is 0 Å². The fourth-order valence-electron chi connectivity index (χ4n) is 1.48. The summed E-state index contributed by atoms with van der Waals surface area (Å²) in [4.78, 5) is 0. The van der Waals surface area contributed by atoms with Crippen molar-refractivity contribution in [1.82, 2.24) is 0 Å². The van der Waals surface area contributed by atoms with E-state index in [0.717, 1.165) is 11.2 Å². The van der Waals surface area contributed by atoms with Crippen LogP contribution in [-0.2, 0) is 0 Å². The monoisotopic (exact) mass is 236 g/mol. The molecule has 0 amide bonds. The van der Waals surface area contributed by atoms with E-state index in [0.29, 0.717) is 0 Å². The molecule has 0 unspecified atom stereocenters. The van der Waals surface area contributed by atoms with Gasteiger partial charge in [0, 0.05) is 5.33 Å². The van der Waals surface area contributed by atoms with E-state index in [1.807, 2.05) is 0 Å². The molecule has 0 radical (unpaired) electrons. The van der Waals surface area contributed by atoms with Gasteiger partial charge in [0.2, 0.25) is 0 Å². The molecule has 0 heterocycles. The van der Waals surface area contributed by atoms with Gasteiger partial charge in [0.25, 0.3) is 0 Å². The van der Waals surface area contributed by atoms with E-state index in [9.17, 15) is 0 Å². The summed E-state index contributed by atoms with van der Waals surface area (Å²) in [5.41, 5.74) is 2.81. The Kier molecular flexibility index (Phi) is 2.84. The molecule has 1 aliphatic carbocycles. The third-order valence-corrected chi connectivity index (χ3v) is 2.76. The van der Waals surface area contributed by atoms with Gasteiger partial charge < -0.3 is 0 Å². The van der Waals surface area contributed by atoms with Crippen LogP contribution in [0.15, 0.2) is 30.3 Å². The molecule has 1 heteroatoms. The van der Waals surface area contributed by atoms with Gasteiger partial charge in [0.15, 0.2) is 0 Å². The lowest BCUT2D eigenvalue weighted by atomic mass is 10.1. The van der Waals surface area contributed by atoms with Gasteiger partial charge in [-0.25, -0.2) is 0 Å². The molecule has 0 aliphatic heterocycles. The first kappa shape index (κ1) is 9.01. The lowest BCUT2D eigenvalue weighted by Crippen LogP contribution is -1.78. The predicted molar refractivity (Wildman–Crippen MR) is 61.2 cm³/mol. The summed E-state index contributed by atoms with van der Waals surface area (Å²) < 4.78 is 0. The van der Waals surface area contributed by atoms with E-state index >= 15 is 0 Å². The van der Waals surface area contributed by atoms with Gasteiger partial charge >= 0.3 is 0 Å². The zero-order valence-corrected chi connectivity index (χ0v) is 9.13. The number of allylic oxidation sites excluding steroid dienone is 1. The molecular weight excluding hydrogens is 224 g/mol. The summed E-state index contributed by atoms with van der Waals surface area (Å²) in [7, 11) is 0. The van der Waals surface area contributed by atoms with Gasteiger partial charge in [0.05, 0.1) is 0 Å². The van der Waals surface area contributed by atoms with Crippen LogP contribution in [0.1, 0.15) is 29.9 Å². The minimum absolute atomic E-state index is 0.870. The van der Waals surface area contributed by atoms with E-state index in [2.05, 4.69) is 52.3 Å². The van der Waals surface area contributed by atoms with Crippen molar-refractivity contribution in [2.24, 2.45) is 0 Å². The van der Waals surface area contributed by atoms with Gasteiger partial charge in [-0.05, 0) is 29.9 Å². The van der Waals surface area contributed by atoms with Crippen LogP contribution < -0.4 is 0 Å². The molecule has 0 bridgehead atoms. The Morgan fingerprint density at radius 2 is 1.92 bits per heavy atom. The second kappa shape index (κ2) is 4.10. The van der Waals surface area contributed by atoms with E-state index in [4.69, 9.17) is 0 Å². The smallest absolute Gasteiger partial charge is 0.0215 e. The topological polar surface area (TPSA) is 0 Å². The molecule has 1 aromatic rings. The highest BCUT2D eigenvalue weighted by Gasteiger charge is 2.22. The minimum atomic E-state index is 0.870. The van der Waals surface area contributed by atoms with Crippen molar-refractivity contribution in [3.8, 4) is 0 Å². The van der Waals surface area contributed by atoms with Crippen LogP contribution in [0.3, 0.4) is 0 Å². The van der Waals surface area contributed by atoms with Crippen molar-refractivity contribution < 1.29 is 0 Å². The first-order chi connectivity index (χ1) is 6.40. The maximum absolute atomic E-state index is 3.37. The van der Waals surface area contributed by atoms with Gasteiger partial charge in [-0.1, -0.05) is 52.3 Å². The maximum Gasteiger partial charge on any atom is 0.0215 e. The Morgan fingerprint density at radius 1 is 1.23 bits per heavy atom. The molecule has 1 saturated carbocycles. The zero-order valence-electron chi connectivity index (χ0n) is 7.54. The second-order valence-electron chi connectivity index (χ2n) is 3.50. The maximum atomic E-state index is 3.37. The molecular formula is C12H13Br. The van der Waals surface area contributed by atoms with Crippen LogP contribution in [-0.4, -0.2) is 5.33 Å². The Labute approximate surface area is 87.8 Å². The van der Waals surface area contributed by atoms with Gasteiger partial charge in [-0.15, -0.1) is 0 Å². The first-order valence-corrected chi connectivity index (χ1v) is 5.85. The molecule has 0 aromatic heterocycles. The van der Waals surface area contributed by atoms with Crippen molar-refractivity contribution in [1.29, 1.82) is 0 Å². The summed E-state index contributed by atoms with van der Waals surface area (Å²) >= 11 is 3.37. The molecule has 13 heavy (non-hydrogen) atoms. The number of hydrogen-bond donors (Lipinski definition) is 0. The molecule has 1 fully saturated rings. The summed E-state index contributed by atoms with van der Waals surface area (Å²) in [5.74, 6) is 0.870. The van der Waals surface area contributed by atoms with E-state index in [1.54, 1.807) is 0 Å². The summed E-state index contributed by atoms with van der Waals surface area (Å²) in [5, 5.41) is 0.928. The SMILES string of the molecule is BrC/C=C/c1ccc(C2CC2)cc1. The molecule has 1 aliphatic rings. The number of rotatable bonds is 3. The Hall–Kier alpha value is -0.560. The lowest BCUT2D eigenvalue weighted by molar-refractivity contribution is 1.13. The Balaban J connectivity index is 2.08. The van der Waals surface area contributed by atoms with Crippen LogP contribution in [0.5, 0.6) is 0 Å². The molecule has 0 atom stereocenters. The summed E-state index contributed by atoms with van der Waals surface area (Å²) in [6.45, 7) is 0. The highest BCUT2D eigenvalue weighted by Crippen LogP contribution is 2.39. The molecule has 2 rings (SSSR count). The fourth-order valence-corrected chi connectivity index (χ4v) is 1.66. The molecule has 68 valence electrons. The fraction of sp³-hybridized carbons (Fsp3) is 0.333. The van der Waals surface area contributed by atoms with E-state index < -0.39 is 0 Å². The summed E-state index contributed by atoms with van der Waals surface area (Å²) in [6.07, 6.45) is 7.03. The van der Waals surface area contributed by atoms with Gasteiger partial charge in [-0.3, -0.25) is 0 Å². The number of hydrogen-bond acceptors (Lipinski definition) is 0. The first-order valence-electron chi connectivity index (χ1n) is 4.72. The van der Waals surface area contributed by atoms with Crippen molar-refractivity contribution in [3.05, 3.63) is 41.5 Å². The highest BCUT2D eigenvalue weighted by molar-refractivity contribution is 9.09. The average molecular weight is 237 g/mol. The van der Waals surface area contributed by atoms with Crippen LogP contribution in [0, 0.1) is 0 Å². The van der Waals surface area contributed by atoms with E-state index in [-0.39, 0.29) is 0 Å². The second-order valence-corrected chi connectivity index (χ2v) is 4.15. The van der Waals surface area contributed by atoms with Crippen LogP contribution in [0.4, 0.5) is 0 Å². The highest BCUT2D eigenvalue weighted by atomic mass is 79.9. The van der Waals surface area contributed by atoms with Crippen LogP contribution >= 0.6 is 15.9 Å². The minimum Gasteiger partial charge on any atom is -0.0883 e. The van der Waals surface area contributed by atoms with Crippen LogP contribution in [0.2, 0.25) is 0 Å². The number of halogens is 1. The normalized spacial score (nSPS) is 16.7. The molecule has 0 nitrogen and oxygen atoms in total. The predicted octanol–water partition coefficient (Wildman–Crippen LogP) is 3.97. The summed E-state index contributed by atoms with van der Waals surface area (Å²) in [6, 6.07) is 8.91. The zero-order chi connectivity index (χ0) is 9.10. The number of alkyl halides is 1. The largest absolute Gasteiger partial charge is 0.0883 e. The Bertz CT molecular complexity index is 293. The quantitative estimate of drug-likeness (QED) is 0.697. The van der Waals surface area contributed by atoms with E-state index in [1.165, 1.54) is 24.0 Å². The molecule has 0 saturated heterocycles. The Morgan fingerprint density at radius 3 is 2.46 bits per heavy atom. The van der Waals surface area contributed by atoms with Gasteiger partial charge in [-0.2, -0.15) is 0 Å². The number of benzene rings is 1. The van der Waals surface area contributed by atoms with Crippen LogP contribution in [0.25, 0.3) is 6.08 Å². The molecule has 1 aromatic carbocycles. The van der Waals surface area contributed by atoms with Crippen molar-refractivity contribution in [3.63, 3.8) is 0 Å². The lowest BCUT2D eigenvalue weighted by Gasteiger charge is -1.97. The third-order valence-electron chi connectivity index (χ3n) is 2.38. The molecule has 0 spiro atoms. The van der Waals surface area contributed by atoms with Crippen molar-refractivity contribution in [2.75, 3.05) is 5.33 Å². The van der Waals surface area contributed by atoms with Crippen molar-refractivity contribution in [2.45, 2.75) is 18.8 Å². The average Bonchev–Trinajstić information content (AvgIpc) is 2.99. The third kappa shape index (κ3) is 2.44. The standard InChI is InChI=1S/C12H13Br/c13-9-1-2-10-3-5-11(6-4-10)12-7-8-12/h1-6,12H,7-9H2/b2-1+.